The third kappa shape index (κ3) is 16.2. The van der Waals surface area contributed by atoms with Crippen molar-refractivity contribution in [2.45, 2.75) is 107 Å². The monoisotopic (exact) mass is 632 g/mol. The first-order valence-corrected chi connectivity index (χ1v) is 18.0. The molecule has 0 aliphatic heterocycles. The molecule has 2 heterocycles. The summed E-state index contributed by atoms with van der Waals surface area (Å²) in [6, 6.07) is 0. The van der Waals surface area contributed by atoms with Gasteiger partial charge in [0.05, 0.1) is 0 Å². The van der Waals surface area contributed by atoms with Crippen LogP contribution in [-0.2, 0) is 4.79 Å². The first kappa shape index (κ1) is 38.5. The summed E-state index contributed by atoms with van der Waals surface area (Å²) in [7, 11) is 7.66. The van der Waals surface area contributed by atoms with Gasteiger partial charge in [-0.1, -0.05) is 70.4 Å². The minimum absolute atomic E-state index is 0.0471. The van der Waals surface area contributed by atoms with Crippen molar-refractivity contribution in [3.8, 4) is 0 Å². The van der Waals surface area contributed by atoms with Crippen LogP contribution < -0.4 is 20.9 Å². The second-order valence-corrected chi connectivity index (χ2v) is 12.5. The van der Waals surface area contributed by atoms with Crippen molar-refractivity contribution in [2.24, 2.45) is 0 Å². The molecule has 0 unspecified atom stereocenters. The second-order valence-electron chi connectivity index (χ2n) is 10.9. The summed E-state index contributed by atoms with van der Waals surface area (Å²) in [5, 5.41) is 4.66. The van der Waals surface area contributed by atoms with E-state index in [1.165, 1.54) is 100 Å². The van der Waals surface area contributed by atoms with Gasteiger partial charge in [-0.15, -0.1) is 23.5 Å². The average molecular weight is 633 g/mol. The summed E-state index contributed by atoms with van der Waals surface area (Å²) in [4.78, 5) is 32.8. The summed E-state index contributed by atoms with van der Waals surface area (Å²) in [5.41, 5.74) is 7.18. The molecule has 0 saturated carbocycles. The van der Waals surface area contributed by atoms with E-state index in [2.05, 4.69) is 44.3 Å². The van der Waals surface area contributed by atoms with Crippen LogP contribution >= 0.6 is 23.5 Å². The lowest BCUT2D eigenvalue weighted by Crippen LogP contribution is -2.18. The van der Waals surface area contributed by atoms with Crippen molar-refractivity contribution in [1.29, 1.82) is 0 Å². The van der Waals surface area contributed by atoms with Crippen LogP contribution in [0.3, 0.4) is 0 Å². The van der Waals surface area contributed by atoms with E-state index in [0.717, 1.165) is 40.2 Å². The van der Waals surface area contributed by atoms with Crippen LogP contribution in [0.25, 0.3) is 0 Å². The maximum Gasteiger partial charge on any atom is 0.224 e. The van der Waals surface area contributed by atoms with Gasteiger partial charge < -0.3 is 20.9 Å². The summed E-state index contributed by atoms with van der Waals surface area (Å²) in [5.74, 6) is 1.57. The lowest BCUT2D eigenvalue weighted by atomic mass is 10.1. The second kappa shape index (κ2) is 23.9. The topological polar surface area (TPSA) is 113 Å². The fraction of sp³-hybridized carbons (Fsp3) is 0.656. The highest BCUT2D eigenvalue weighted by Gasteiger charge is 2.15. The van der Waals surface area contributed by atoms with Gasteiger partial charge in [-0.05, 0) is 44.6 Å². The Labute approximate surface area is 269 Å². The lowest BCUT2D eigenvalue weighted by Gasteiger charge is -2.18. The molecule has 0 bridgehead atoms. The maximum atomic E-state index is 12.4. The van der Waals surface area contributed by atoms with Crippen LogP contribution in [0, 0.1) is 0 Å². The summed E-state index contributed by atoms with van der Waals surface area (Å²) >= 11 is 3.04. The molecule has 2 aromatic rings. The highest BCUT2D eigenvalue weighted by Crippen LogP contribution is 2.30. The number of carbonyl (C=O) groups is 1. The largest absolute Gasteiger partial charge is 0.394 e. The molecule has 0 saturated heterocycles. The molecule has 0 aromatic carbocycles. The molecule has 242 valence electrons. The average Bonchev–Trinajstić information content (AvgIpc) is 2.99. The SMILES string of the molecule is CCCCCCCCC=CCCCCCCCC(=O)Nc1c(SC)ncnc1N(C)C.CSc1ncnc(N(C)C)c1N. The number of nitrogens with two attached hydrogens (primary N) is 1. The van der Waals surface area contributed by atoms with Crippen molar-refractivity contribution >= 4 is 52.4 Å². The number of hydrogen-bond acceptors (Lipinski definition) is 10. The number of aromatic nitrogens is 4. The third-order valence-electron chi connectivity index (χ3n) is 6.78. The number of allylic oxidation sites excluding steroid dienone is 2. The molecule has 0 fully saturated rings. The molecule has 0 spiro atoms. The van der Waals surface area contributed by atoms with Crippen molar-refractivity contribution in [1.82, 2.24) is 19.9 Å². The Hall–Kier alpha value is -2.53. The van der Waals surface area contributed by atoms with Crippen LogP contribution in [0.2, 0.25) is 0 Å². The number of nitrogens with one attached hydrogen (secondary N) is 1. The van der Waals surface area contributed by atoms with Gasteiger partial charge in [0.15, 0.2) is 11.6 Å². The van der Waals surface area contributed by atoms with Crippen molar-refractivity contribution in [2.75, 3.05) is 61.6 Å². The van der Waals surface area contributed by atoms with E-state index >= 15 is 0 Å². The number of anilines is 4. The zero-order valence-corrected chi connectivity index (χ0v) is 29.3. The Bertz CT molecular complexity index is 1070. The lowest BCUT2D eigenvalue weighted by molar-refractivity contribution is -0.116. The van der Waals surface area contributed by atoms with Gasteiger partial charge in [-0.3, -0.25) is 4.79 Å². The van der Waals surface area contributed by atoms with Crippen molar-refractivity contribution in [3.63, 3.8) is 0 Å². The molecule has 0 atom stereocenters. The number of unbranched alkanes of at least 4 members (excludes halogenated alkanes) is 11. The molecule has 0 aliphatic rings. The summed E-state index contributed by atoms with van der Waals surface area (Å²) in [6.07, 6.45) is 28.6. The van der Waals surface area contributed by atoms with Gasteiger partial charge in [0.25, 0.3) is 0 Å². The van der Waals surface area contributed by atoms with Crippen LogP contribution in [0.15, 0.2) is 34.9 Å². The van der Waals surface area contributed by atoms with Crippen molar-refractivity contribution < 1.29 is 4.79 Å². The first-order chi connectivity index (χ1) is 20.8. The van der Waals surface area contributed by atoms with Crippen LogP contribution in [0.1, 0.15) is 96.8 Å². The van der Waals surface area contributed by atoms with Crippen LogP contribution in [0.5, 0.6) is 0 Å². The highest BCUT2D eigenvalue weighted by molar-refractivity contribution is 7.98. The normalized spacial score (nSPS) is 10.9. The molecule has 0 radical (unpaired) electrons. The number of hydrogen-bond donors (Lipinski definition) is 2. The fourth-order valence-electron chi connectivity index (χ4n) is 4.41. The Morgan fingerprint density at radius 3 is 1.77 bits per heavy atom. The van der Waals surface area contributed by atoms with E-state index in [-0.39, 0.29) is 5.91 Å². The zero-order chi connectivity index (χ0) is 31.9. The molecular formula is C32H56N8OS2. The van der Waals surface area contributed by atoms with Crippen LogP contribution in [-0.4, -0.2) is 66.5 Å². The summed E-state index contributed by atoms with van der Waals surface area (Å²) in [6.45, 7) is 2.27. The molecule has 43 heavy (non-hydrogen) atoms. The van der Waals surface area contributed by atoms with Crippen molar-refractivity contribution in [3.05, 3.63) is 24.8 Å². The predicted molar refractivity (Wildman–Crippen MR) is 189 cm³/mol. The maximum absolute atomic E-state index is 12.4. The molecule has 3 N–H and O–H groups in total. The van der Waals surface area contributed by atoms with Gasteiger partial charge in [0.2, 0.25) is 5.91 Å². The minimum Gasteiger partial charge on any atom is -0.394 e. The summed E-state index contributed by atoms with van der Waals surface area (Å²) < 4.78 is 0. The number of nitrogens with zero attached hydrogens (tertiary/aromatic N) is 6. The zero-order valence-electron chi connectivity index (χ0n) is 27.7. The number of nitrogen functional groups attached to an aromatic ring is 1. The first-order valence-electron chi connectivity index (χ1n) is 15.6. The Kier molecular flexibility index (Phi) is 21.4. The molecule has 2 rings (SSSR count). The molecular weight excluding hydrogens is 577 g/mol. The quantitative estimate of drug-likeness (QED) is 0.0642. The van der Waals surface area contributed by atoms with E-state index < -0.39 is 0 Å². The third-order valence-corrected chi connectivity index (χ3v) is 8.19. The smallest absolute Gasteiger partial charge is 0.224 e. The molecule has 11 heteroatoms. The van der Waals surface area contributed by atoms with Gasteiger partial charge in [-0.2, -0.15) is 0 Å². The van der Waals surface area contributed by atoms with E-state index in [1.54, 1.807) is 6.33 Å². The number of amides is 1. The van der Waals surface area contributed by atoms with E-state index in [9.17, 15) is 4.79 Å². The molecule has 2 aromatic heterocycles. The Morgan fingerprint density at radius 2 is 1.23 bits per heavy atom. The Balaban J connectivity index is 0.000000639. The number of rotatable bonds is 20. The minimum atomic E-state index is 0.0471. The van der Waals surface area contributed by atoms with Gasteiger partial charge in [0.1, 0.15) is 34.1 Å². The van der Waals surface area contributed by atoms with E-state index in [4.69, 9.17) is 5.73 Å². The standard InChI is InChI=1S/C25H44N4OS.C7H12N4S/c1-5-6-7-8-9-10-11-12-13-14-15-16-17-18-19-20-22(30)28-23-24(29(2)3)26-21-27-25(23)31-4;1-11(2)6-5(8)7(12-3)10-4-9-6/h12-13,21H,5-11,14-20H2,1-4H3,(H,28,30);4H,8H2,1-3H3. The fourth-order valence-corrected chi connectivity index (χ4v) is 5.37. The molecule has 1 amide bonds. The van der Waals surface area contributed by atoms with E-state index in [0.29, 0.717) is 12.1 Å². The van der Waals surface area contributed by atoms with Gasteiger partial charge in [0, 0.05) is 34.6 Å². The van der Waals surface area contributed by atoms with Crippen LogP contribution in [0.4, 0.5) is 23.0 Å². The Morgan fingerprint density at radius 1 is 0.744 bits per heavy atom. The van der Waals surface area contributed by atoms with Gasteiger partial charge in [-0.25, -0.2) is 19.9 Å². The molecule has 0 aliphatic carbocycles. The number of thioether (sulfide) groups is 2. The molecule has 9 nitrogen and oxygen atoms in total. The highest BCUT2D eigenvalue weighted by atomic mass is 32.2. The van der Waals surface area contributed by atoms with E-state index in [1.807, 2.05) is 50.5 Å². The number of carbonyl (C=O) groups excluding carboxylic acids is 1. The predicted octanol–water partition coefficient (Wildman–Crippen LogP) is 8.09. The van der Waals surface area contributed by atoms with Gasteiger partial charge >= 0.3 is 0 Å².